The minimum atomic E-state index is -2.94. The molecule has 1 aliphatic rings. The van der Waals surface area contributed by atoms with Crippen LogP contribution in [0.4, 0.5) is 13.2 Å². The van der Waals surface area contributed by atoms with Gasteiger partial charge in [-0.25, -0.2) is 13.2 Å². The molecule has 0 unspecified atom stereocenters. The number of halogens is 3. The number of alkyl halides is 2. The minimum absolute atomic E-state index is 0.00112. The Morgan fingerprint density at radius 3 is 2.74 bits per heavy atom. The van der Waals surface area contributed by atoms with Crippen LogP contribution < -0.4 is 15.9 Å². The zero-order valence-electron chi connectivity index (χ0n) is 16.6. The minimum Gasteiger partial charge on any atom is -0.496 e. The van der Waals surface area contributed by atoms with Crippen molar-refractivity contribution in [1.82, 2.24) is 9.97 Å². The Kier molecular flexibility index (Phi) is 5.20. The number of methoxy groups -OCH3 is 1. The van der Waals surface area contributed by atoms with E-state index in [2.05, 4.69) is 9.97 Å². The second-order valence-corrected chi connectivity index (χ2v) is 7.73. The number of H-pyrrole nitrogens is 1. The van der Waals surface area contributed by atoms with Gasteiger partial charge in [-0.2, -0.15) is 0 Å². The summed E-state index contributed by atoms with van der Waals surface area (Å²) in [6.07, 6.45) is 0.513. The Morgan fingerprint density at radius 1 is 1.26 bits per heavy atom. The first kappa shape index (κ1) is 20.9. The van der Waals surface area contributed by atoms with Gasteiger partial charge in [0.1, 0.15) is 17.3 Å². The van der Waals surface area contributed by atoms with Gasteiger partial charge in [-0.1, -0.05) is 0 Å². The van der Waals surface area contributed by atoms with E-state index in [4.69, 9.17) is 10.5 Å². The molecule has 2 aromatic heterocycles. The van der Waals surface area contributed by atoms with Gasteiger partial charge in [-0.05, 0) is 36.6 Å². The van der Waals surface area contributed by atoms with Crippen molar-refractivity contribution in [3.63, 3.8) is 0 Å². The predicted molar refractivity (Wildman–Crippen MR) is 108 cm³/mol. The molecule has 6 nitrogen and oxygen atoms in total. The molecule has 3 aromatic rings. The molecular weight excluding hydrogens is 411 g/mol. The highest BCUT2D eigenvalue weighted by atomic mass is 19.3. The van der Waals surface area contributed by atoms with Gasteiger partial charge >= 0.3 is 0 Å². The third-order valence-electron chi connectivity index (χ3n) is 5.81. The summed E-state index contributed by atoms with van der Waals surface area (Å²) < 4.78 is 48.2. The maximum Gasteiger partial charge on any atom is 0.268 e. The van der Waals surface area contributed by atoms with Crippen molar-refractivity contribution in [2.45, 2.75) is 37.0 Å². The van der Waals surface area contributed by atoms with Crippen LogP contribution in [0.25, 0.3) is 10.9 Å². The summed E-state index contributed by atoms with van der Waals surface area (Å²) in [6.45, 7) is 0. The van der Waals surface area contributed by atoms with Crippen LogP contribution in [0.2, 0.25) is 0 Å². The number of nitrogens with one attached hydrogen (secondary N) is 1. The second-order valence-electron chi connectivity index (χ2n) is 7.73. The van der Waals surface area contributed by atoms with E-state index < -0.39 is 41.3 Å². The van der Waals surface area contributed by atoms with Gasteiger partial charge in [0.25, 0.3) is 5.91 Å². The number of hydrogen-bond acceptors (Lipinski definition) is 4. The third-order valence-corrected chi connectivity index (χ3v) is 5.81. The number of primary amides is 1. The largest absolute Gasteiger partial charge is 0.496 e. The molecule has 1 aromatic carbocycles. The van der Waals surface area contributed by atoms with Crippen molar-refractivity contribution in [3.05, 3.63) is 69.5 Å². The van der Waals surface area contributed by atoms with Crippen molar-refractivity contribution in [2.75, 3.05) is 7.11 Å². The van der Waals surface area contributed by atoms with Crippen molar-refractivity contribution in [3.8, 4) is 5.75 Å². The highest BCUT2D eigenvalue weighted by Crippen LogP contribution is 2.51. The molecule has 4 rings (SSSR count). The monoisotopic (exact) mass is 431 g/mol. The first-order chi connectivity index (χ1) is 14.7. The second kappa shape index (κ2) is 7.72. The van der Waals surface area contributed by atoms with Gasteiger partial charge in [0.05, 0.1) is 18.0 Å². The third kappa shape index (κ3) is 3.87. The predicted octanol–water partition coefficient (Wildman–Crippen LogP) is 3.86. The highest BCUT2D eigenvalue weighted by molar-refractivity contribution is 6.03. The van der Waals surface area contributed by atoms with E-state index in [0.717, 1.165) is 0 Å². The quantitative estimate of drug-likeness (QED) is 0.656. The molecule has 0 spiro atoms. The molecule has 0 radical (unpaired) electrons. The Labute approximate surface area is 175 Å². The van der Waals surface area contributed by atoms with Crippen LogP contribution in [0.3, 0.4) is 0 Å². The number of fused-ring (bicyclic) bond motifs is 1. The summed E-state index contributed by atoms with van der Waals surface area (Å²) >= 11 is 0. The Balaban J connectivity index is 1.89. The van der Waals surface area contributed by atoms with Crippen LogP contribution in [-0.2, 0) is 0 Å². The Bertz CT molecular complexity index is 1230. The Hall–Kier alpha value is -3.36. The van der Waals surface area contributed by atoms with E-state index >= 15 is 0 Å². The molecule has 1 amide bonds. The molecule has 1 saturated carbocycles. The summed E-state index contributed by atoms with van der Waals surface area (Å²) in [4.78, 5) is 31.3. The summed E-state index contributed by atoms with van der Waals surface area (Å²) in [5.41, 5.74) is 5.57. The fraction of sp³-hybridized carbons (Fsp3) is 0.318. The van der Waals surface area contributed by atoms with Crippen molar-refractivity contribution in [1.29, 1.82) is 0 Å². The number of ether oxygens (including phenoxy) is 1. The lowest BCUT2D eigenvalue weighted by Crippen LogP contribution is -2.31. The number of nitrogens with two attached hydrogens (primary N) is 1. The maximum absolute atomic E-state index is 14.4. The van der Waals surface area contributed by atoms with Gasteiger partial charge in [0, 0.05) is 42.3 Å². The number of carbonyl (C=O) groups is 1. The van der Waals surface area contributed by atoms with Gasteiger partial charge in [-0.15, -0.1) is 0 Å². The van der Waals surface area contributed by atoms with Crippen LogP contribution >= 0.6 is 0 Å². The average Bonchev–Trinajstić information content (AvgIpc) is 2.72. The van der Waals surface area contributed by atoms with Crippen LogP contribution in [-0.4, -0.2) is 28.9 Å². The molecule has 0 saturated heterocycles. The van der Waals surface area contributed by atoms with E-state index in [-0.39, 0.29) is 35.1 Å². The van der Waals surface area contributed by atoms with Crippen molar-refractivity contribution in [2.24, 2.45) is 5.73 Å². The molecule has 162 valence electrons. The lowest BCUT2D eigenvalue weighted by atomic mass is 9.72. The smallest absolute Gasteiger partial charge is 0.268 e. The number of nitrogens with zero attached hydrogens (tertiary/aromatic N) is 1. The molecule has 1 aliphatic carbocycles. The van der Waals surface area contributed by atoms with Gasteiger partial charge in [-0.3, -0.25) is 14.6 Å². The standard InChI is InChI=1S/C22H20F3N3O3/c1-31-18-3-2-11(23)8-13(18)12-4-6-22(24,25)10-14(12)16-9-17(29)19-15(28-16)5-7-27-20(19)21(26)30/h2-3,5,7-9,12,14H,4,6,10H2,1H3,(H2,26,30)(H,28,29)/t12-,14+/m0/s1. The molecule has 3 N–H and O–H groups in total. The number of carbonyl (C=O) groups excluding carboxylic acids is 1. The number of benzene rings is 1. The maximum atomic E-state index is 14.4. The number of rotatable bonds is 4. The molecule has 1 fully saturated rings. The zero-order valence-corrected chi connectivity index (χ0v) is 16.6. The lowest BCUT2D eigenvalue weighted by molar-refractivity contribution is -0.0466. The van der Waals surface area contributed by atoms with E-state index in [1.54, 1.807) is 0 Å². The summed E-state index contributed by atoms with van der Waals surface area (Å²) in [6, 6.07) is 6.66. The molecule has 0 aliphatic heterocycles. The normalized spacial score (nSPS) is 20.5. The van der Waals surface area contributed by atoms with Gasteiger partial charge < -0.3 is 15.5 Å². The van der Waals surface area contributed by atoms with Crippen LogP contribution in [0.5, 0.6) is 5.75 Å². The lowest BCUT2D eigenvalue weighted by Gasteiger charge is -2.37. The molecule has 0 bridgehead atoms. The zero-order chi connectivity index (χ0) is 22.3. The van der Waals surface area contributed by atoms with E-state index in [0.29, 0.717) is 11.3 Å². The molecule has 2 heterocycles. The SMILES string of the molecule is COc1ccc(F)cc1[C@@H]1CCC(F)(F)C[C@H]1c1cc(=O)c2c(C(N)=O)nccc2[nH]1. The summed E-state index contributed by atoms with van der Waals surface area (Å²) in [7, 11) is 1.43. The van der Waals surface area contributed by atoms with Crippen LogP contribution in [0.1, 0.15) is 52.8 Å². The first-order valence-electron chi connectivity index (χ1n) is 9.73. The van der Waals surface area contributed by atoms with Crippen molar-refractivity contribution >= 4 is 16.8 Å². The first-order valence-corrected chi connectivity index (χ1v) is 9.73. The van der Waals surface area contributed by atoms with Crippen LogP contribution in [0.15, 0.2) is 41.3 Å². The fourth-order valence-electron chi connectivity index (χ4n) is 4.43. The van der Waals surface area contributed by atoms with E-state index in [1.807, 2.05) is 0 Å². The molecule has 9 heteroatoms. The number of aromatic nitrogens is 2. The summed E-state index contributed by atoms with van der Waals surface area (Å²) in [5, 5.41) is 0.00112. The van der Waals surface area contributed by atoms with E-state index in [1.165, 1.54) is 43.6 Å². The topological polar surface area (TPSA) is 98.1 Å². The summed E-state index contributed by atoms with van der Waals surface area (Å²) in [5.74, 6) is -5.22. The number of aromatic amines is 1. The van der Waals surface area contributed by atoms with Crippen molar-refractivity contribution < 1.29 is 22.7 Å². The fourth-order valence-corrected chi connectivity index (χ4v) is 4.43. The van der Waals surface area contributed by atoms with E-state index in [9.17, 15) is 22.8 Å². The molecular formula is C22H20F3N3O3. The number of pyridine rings is 2. The van der Waals surface area contributed by atoms with Gasteiger partial charge in [0.15, 0.2) is 5.43 Å². The number of hydrogen-bond donors (Lipinski definition) is 2. The van der Waals surface area contributed by atoms with Crippen LogP contribution in [0, 0.1) is 5.82 Å². The van der Waals surface area contributed by atoms with Gasteiger partial charge in [0.2, 0.25) is 5.92 Å². The Morgan fingerprint density at radius 2 is 2.03 bits per heavy atom. The highest BCUT2D eigenvalue weighted by Gasteiger charge is 2.44. The average molecular weight is 431 g/mol. The number of amides is 1. The molecule has 2 atom stereocenters. The molecule has 31 heavy (non-hydrogen) atoms.